The molecule has 0 spiro atoms. The second kappa shape index (κ2) is 53.4. The summed E-state index contributed by atoms with van der Waals surface area (Å²) in [6.07, 6.45) is 76.2. The molecule has 0 aromatic rings. The number of unbranched alkanes of at least 4 members (excludes halogenated alkanes) is 12. The zero-order valence-electron chi connectivity index (χ0n) is 41.2. The largest absolute Gasteiger partial charge is 0.462 e. The van der Waals surface area contributed by atoms with Gasteiger partial charge in [0.1, 0.15) is 6.61 Å². The highest BCUT2D eigenvalue weighted by Crippen LogP contribution is 2.12. The lowest BCUT2D eigenvalue weighted by atomic mass is 10.1. The number of carbonyl (C=O) groups excluding carboxylic acids is 2. The second-order valence-electron chi connectivity index (χ2n) is 16.3. The van der Waals surface area contributed by atoms with Crippen LogP contribution in [0.1, 0.15) is 201 Å². The maximum Gasteiger partial charge on any atom is 0.306 e. The van der Waals surface area contributed by atoms with Crippen molar-refractivity contribution in [2.24, 2.45) is 0 Å². The third-order valence-electron chi connectivity index (χ3n) is 10.2. The molecule has 0 N–H and O–H groups in total. The highest BCUT2D eigenvalue weighted by atomic mass is 16.6. The Labute approximate surface area is 394 Å². The monoisotopic (exact) mass is 883 g/mol. The van der Waals surface area contributed by atoms with Crippen LogP contribution in [0.5, 0.6) is 0 Å². The summed E-state index contributed by atoms with van der Waals surface area (Å²) >= 11 is 0. The van der Waals surface area contributed by atoms with Gasteiger partial charge in [-0.15, -0.1) is 0 Å². The lowest BCUT2D eigenvalue weighted by Gasteiger charge is -2.18. The molecule has 1 atom stereocenters. The molecule has 0 radical (unpaired) electrons. The van der Waals surface area contributed by atoms with Gasteiger partial charge in [-0.1, -0.05) is 199 Å². The number of carbonyl (C=O) groups is 2. The Balaban J connectivity index is 4.49. The average molecular weight is 883 g/mol. The highest BCUT2D eigenvalue weighted by Gasteiger charge is 2.17. The lowest BCUT2D eigenvalue weighted by Crippen LogP contribution is -2.30. The van der Waals surface area contributed by atoms with Crippen molar-refractivity contribution in [2.75, 3.05) is 19.8 Å². The highest BCUT2D eigenvalue weighted by molar-refractivity contribution is 5.70. The first kappa shape index (κ1) is 60.0. The number of ether oxygens (including phenoxy) is 3. The van der Waals surface area contributed by atoms with Crippen LogP contribution in [0.25, 0.3) is 0 Å². The first-order chi connectivity index (χ1) is 31.6. The molecule has 0 aromatic heterocycles. The van der Waals surface area contributed by atoms with E-state index in [4.69, 9.17) is 14.2 Å². The molecule has 360 valence electrons. The molecule has 0 rings (SSSR count). The summed E-state index contributed by atoms with van der Waals surface area (Å²) in [6.45, 7) is 7.30. The van der Waals surface area contributed by atoms with Crippen LogP contribution in [0.4, 0.5) is 0 Å². The van der Waals surface area contributed by atoms with E-state index in [1.165, 1.54) is 38.5 Å². The van der Waals surface area contributed by atoms with Crippen molar-refractivity contribution >= 4 is 11.9 Å². The van der Waals surface area contributed by atoms with E-state index in [0.29, 0.717) is 19.4 Å². The van der Waals surface area contributed by atoms with Crippen molar-refractivity contribution in [3.05, 3.63) is 134 Å². The molecule has 0 saturated carbocycles. The third kappa shape index (κ3) is 50.7. The smallest absolute Gasteiger partial charge is 0.306 e. The Morgan fingerprint density at radius 2 is 0.703 bits per heavy atom. The minimum atomic E-state index is -0.603. The third-order valence-corrected chi connectivity index (χ3v) is 10.2. The van der Waals surface area contributed by atoms with Crippen LogP contribution in [-0.2, 0) is 23.8 Å². The first-order valence-electron chi connectivity index (χ1n) is 25.7. The zero-order chi connectivity index (χ0) is 46.3. The van der Waals surface area contributed by atoms with E-state index in [9.17, 15) is 9.59 Å². The standard InChI is InChI=1S/C59H94O5/c1-4-7-10-13-16-19-22-25-28-30-32-34-37-40-43-46-49-52-58(60)63-56-57(55-62-54-51-48-45-42-39-36-33-29-26-23-20-17-14-11-8-5-2)64-59(61)53-50-47-44-41-38-35-31-27-24-21-18-15-12-9-6-3/h7-8,10-11,16-21,25-29,31-32,34,36,39,45,48,57H,4-6,9,12-15,22-24,30,33,35,37-38,40-44,46-47,49-56H2,1-3H3/b10-7-,11-8-,19-16-,20-17-,21-18-,28-25-,29-26-,31-27-,34-32-,39-36-,48-45-. The Morgan fingerprint density at radius 3 is 1.12 bits per heavy atom. The summed E-state index contributed by atoms with van der Waals surface area (Å²) in [7, 11) is 0. The van der Waals surface area contributed by atoms with Crippen LogP contribution in [0.15, 0.2) is 134 Å². The summed E-state index contributed by atoms with van der Waals surface area (Å²) in [5.41, 5.74) is 0. The second-order valence-corrected chi connectivity index (χ2v) is 16.3. The first-order valence-corrected chi connectivity index (χ1v) is 25.7. The molecule has 0 amide bonds. The molecule has 5 nitrogen and oxygen atoms in total. The van der Waals surface area contributed by atoms with Gasteiger partial charge in [0.25, 0.3) is 0 Å². The van der Waals surface area contributed by atoms with E-state index >= 15 is 0 Å². The summed E-state index contributed by atoms with van der Waals surface area (Å²) < 4.78 is 17.3. The molecule has 0 fully saturated rings. The summed E-state index contributed by atoms with van der Waals surface area (Å²) in [5, 5.41) is 0. The Bertz CT molecular complexity index is 1370. The van der Waals surface area contributed by atoms with Crippen molar-refractivity contribution in [1.82, 2.24) is 0 Å². The minimum Gasteiger partial charge on any atom is -0.462 e. The van der Waals surface area contributed by atoms with Crippen LogP contribution in [0.2, 0.25) is 0 Å². The number of esters is 2. The van der Waals surface area contributed by atoms with Crippen molar-refractivity contribution in [3.8, 4) is 0 Å². The van der Waals surface area contributed by atoms with Crippen LogP contribution in [-0.4, -0.2) is 37.9 Å². The average Bonchev–Trinajstić information content (AvgIpc) is 3.30. The Hall–Kier alpha value is -3.96. The SMILES string of the molecule is CC/C=C\C/C=C\C/C=C\C/C=C\C/C=C\CCOCC(COC(=O)CCCCCC/C=C\C/C=C\C/C=C\C/C=C\CC)OC(=O)CCCCCCC/C=C\C/C=C\CCCCC. The molecule has 64 heavy (non-hydrogen) atoms. The van der Waals surface area contributed by atoms with E-state index in [2.05, 4.69) is 154 Å². The predicted molar refractivity (Wildman–Crippen MR) is 278 cm³/mol. The summed E-state index contributed by atoms with van der Waals surface area (Å²) in [5.74, 6) is -0.492. The quantitative estimate of drug-likeness (QED) is 0.0346. The molecule has 0 aliphatic heterocycles. The van der Waals surface area contributed by atoms with Gasteiger partial charge in [0.2, 0.25) is 0 Å². The zero-order valence-corrected chi connectivity index (χ0v) is 41.2. The fraction of sp³-hybridized carbons (Fsp3) is 0.593. The van der Waals surface area contributed by atoms with E-state index in [1.807, 2.05) is 0 Å². The molecule has 1 unspecified atom stereocenters. The normalized spacial score (nSPS) is 13.4. The molecular weight excluding hydrogens is 789 g/mol. The van der Waals surface area contributed by atoms with E-state index in [1.54, 1.807) is 0 Å². The maximum atomic E-state index is 12.8. The van der Waals surface area contributed by atoms with Gasteiger partial charge in [0.15, 0.2) is 6.10 Å². The summed E-state index contributed by atoms with van der Waals surface area (Å²) in [4.78, 5) is 25.4. The van der Waals surface area contributed by atoms with Gasteiger partial charge in [-0.3, -0.25) is 9.59 Å². The topological polar surface area (TPSA) is 61.8 Å². The number of hydrogen-bond donors (Lipinski definition) is 0. The molecular formula is C59H94O5. The van der Waals surface area contributed by atoms with Crippen molar-refractivity contribution in [3.63, 3.8) is 0 Å². The van der Waals surface area contributed by atoms with Gasteiger partial charge in [0.05, 0.1) is 13.2 Å². The lowest BCUT2D eigenvalue weighted by molar-refractivity contribution is -0.162. The van der Waals surface area contributed by atoms with Crippen LogP contribution < -0.4 is 0 Å². The van der Waals surface area contributed by atoms with Gasteiger partial charge in [-0.2, -0.15) is 0 Å². The van der Waals surface area contributed by atoms with Gasteiger partial charge in [-0.05, 0) is 122 Å². The van der Waals surface area contributed by atoms with E-state index in [0.717, 1.165) is 128 Å². The predicted octanol–water partition coefficient (Wildman–Crippen LogP) is 17.6. The van der Waals surface area contributed by atoms with Gasteiger partial charge >= 0.3 is 11.9 Å². The van der Waals surface area contributed by atoms with Crippen molar-refractivity contribution in [1.29, 1.82) is 0 Å². The molecule has 0 aromatic carbocycles. The van der Waals surface area contributed by atoms with Gasteiger partial charge < -0.3 is 14.2 Å². The number of allylic oxidation sites excluding steroid dienone is 21. The molecule has 0 aliphatic rings. The minimum absolute atomic E-state index is 0.0280. The molecule has 0 heterocycles. The molecule has 0 bridgehead atoms. The fourth-order valence-corrected chi connectivity index (χ4v) is 6.42. The van der Waals surface area contributed by atoms with E-state index in [-0.39, 0.29) is 25.2 Å². The fourth-order valence-electron chi connectivity index (χ4n) is 6.42. The van der Waals surface area contributed by atoms with Crippen molar-refractivity contribution in [2.45, 2.75) is 207 Å². The van der Waals surface area contributed by atoms with E-state index < -0.39 is 6.10 Å². The van der Waals surface area contributed by atoms with Crippen LogP contribution in [0.3, 0.4) is 0 Å². The van der Waals surface area contributed by atoms with Crippen LogP contribution in [0, 0.1) is 0 Å². The Morgan fingerprint density at radius 1 is 0.359 bits per heavy atom. The Kier molecular flexibility index (Phi) is 50.1. The van der Waals surface area contributed by atoms with Gasteiger partial charge in [-0.25, -0.2) is 0 Å². The molecule has 0 aliphatic carbocycles. The number of hydrogen-bond acceptors (Lipinski definition) is 5. The maximum absolute atomic E-state index is 12.8. The van der Waals surface area contributed by atoms with Crippen LogP contribution >= 0.6 is 0 Å². The number of rotatable bonds is 45. The molecule has 5 heteroatoms. The van der Waals surface area contributed by atoms with Gasteiger partial charge in [0, 0.05) is 12.8 Å². The summed E-state index contributed by atoms with van der Waals surface area (Å²) in [6, 6.07) is 0. The molecule has 0 saturated heterocycles. The van der Waals surface area contributed by atoms with Crippen molar-refractivity contribution < 1.29 is 23.8 Å².